The Morgan fingerprint density at radius 1 is 0.970 bits per heavy atom. The fourth-order valence-electron chi connectivity index (χ4n) is 11.1. The van der Waals surface area contributed by atoms with Gasteiger partial charge in [-0.1, -0.05) is 27.7 Å². The van der Waals surface area contributed by atoms with Gasteiger partial charge in [-0.15, -0.1) is 0 Å². The van der Waals surface area contributed by atoms with Gasteiger partial charge in [0.1, 0.15) is 30.0 Å². The molecule has 378 valence electrons. The van der Waals surface area contributed by atoms with Crippen LogP contribution >= 0.6 is 0 Å². The van der Waals surface area contributed by atoms with Crippen LogP contribution in [0.4, 0.5) is 10.5 Å². The zero-order valence-corrected chi connectivity index (χ0v) is 41.6. The van der Waals surface area contributed by atoms with Gasteiger partial charge in [0.25, 0.3) is 0 Å². The molecule has 0 aliphatic carbocycles. The highest BCUT2D eigenvalue weighted by Gasteiger charge is 2.55. The van der Waals surface area contributed by atoms with Crippen LogP contribution in [0.25, 0.3) is 0 Å². The van der Waals surface area contributed by atoms with Crippen molar-refractivity contribution < 1.29 is 68.3 Å². The molecule has 7 N–H and O–H groups in total. The molecule has 3 fully saturated rings. The van der Waals surface area contributed by atoms with E-state index in [-0.39, 0.29) is 50.7 Å². The van der Waals surface area contributed by atoms with Gasteiger partial charge in [0.05, 0.1) is 41.5 Å². The topological polar surface area (TPSA) is 230 Å². The number of carbonyl (C=O) groups is 2. The highest BCUT2D eigenvalue weighted by atomic mass is 16.7. The SMILES string of the molecule is CC[C@H]1OC(=O)[C@H](C)[C@@H](C2C[C@@](C)(OC)[C@@H](O)[C@H](C)O2)[C@H](C)[C@@H](O[C@@H]2O[C@H](C)C[C@H](N(C)C)[C@H]2O)[C@](C)(O)C[C@@H](C)CN(CCCNC(=O)Nc2ccc3c(c2)OCO3)[C@H](C)[C@@H](O)[C@]1(C)O. The number of anilines is 1. The molecule has 4 heterocycles. The summed E-state index contributed by atoms with van der Waals surface area (Å²) in [6.45, 7) is 18.9. The minimum atomic E-state index is -1.91. The van der Waals surface area contributed by atoms with Crippen molar-refractivity contribution in [1.82, 2.24) is 15.1 Å². The number of rotatable bonds is 11. The van der Waals surface area contributed by atoms with E-state index in [9.17, 15) is 35.1 Å². The molecule has 0 saturated carbocycles. The summed E-state index contributed by atoms with van der Waals surface area (Å²) < 4.78 is 42.7. The first-order chi connectivity index (χ1) is 30.8. The molecule has 1 aromatic rings. The molecule has 0 bridgehead atoms. The number of carbonyl (C=O) groups excluding carboxylic acids is 2. The second kappa shape index (κ2) is 22.3. The largest absolute Gasteiger partial charge is 0.459 e. The summed E-state index contributed by atoms with van der Waals surface area (Å²) in [5, 5.41) is 66.0. The highest BCUT2D eigenvalue weighted by molar-refractivity contribution is 5.89. The number of hydrogen-bond acceptors (Lipinski definition) is 16. The van der Waals surface area contributed by atoms with Crippen LogP contribution < -0.4 is 20.1 Å². The average molecular weight is 939 g/mol. The van der Waals surface area contributed by atoms with E-state index in [4.69, 9.17) is 33.2 Å². The number of hydrogen-bond donors (Lipinski definition) is 7. The number of methoxy groups -OCH3 is 1. The molecular weight excluding hydrogens is 857 g/mol. The summed E-state index contributed by atoms with van der Waals surface area (Å²) in [5.41, 5.74) is -4.05. The minimum absolute atomic E-state index is 0.116. The third-order valence-corrected chi connectivity index (χ3v) is 14.9. The number of cyclic esters (lactones) is 1. The Bertz CT molecular complexity index is 1750. The maximum atomic E-state index is 14.7. The predicted octanol–water partition coefficient (Wildman–Crippen LogP) is 3.48. The molecule has 4 aliphatic rings. The molecule has 18 nitrogen and oxygen atoms in total. The van der Waals surface area contributed by atoms with Gasteiger partial charge in [-0.2, -0.15) is 0 Å². The number of fused-ring (bicyclic) bond motifs is 1. The third-order valence-electron chi connectivity index (χ3n) is 14.9. The van der Waals surface area contributed by atoms with E-state index in [1.54, 1.807) is 59.7 Å². The Labute approximate surface area is 391 Å². The monoisotopic (exact) mass is 939 g/mol. The van der Waals surface area contributed by atoms with Gasteiger partial charge in [0.2, 0.25) is 6.79 Å². The van der Waals surface area contributed by atoms with Gasteiger partial charge in [-0.3, -0.25) is 9.69 Å². The van der Waals surface area contributed by atoms with Gasteiger partial charge < -0.3 is 74.2 Å². The fourth-order valence-corrected chi connectivity index (χ4v) is 11.1. The molecule has 1 unspecified atom stereocenters. The molecule has 4 aliphatic heterocycles. The second-order valence-corrected chi connectivity index (χ2v) is 20.6. The molecule has 18 atom stereocenters. The van der Waals surface area contributed by atoms with Crippen LogP contribution in [-0.4, -0.2) is 179 Å². The second-order valence-electron chi connectivity index (χ2n) is 20.6. The smallest absolute Gasteiger partial charge is 0.319 e. The predicted molar refractivity (Wildman–Crippen MR) is 246 cm³/mol. The minimum Gasteiger partial charge on any atom is -0.459 e. The molecule has 2 amide bonds. The van der Waals surface area contributed by atoms with E-state index in [0.717, 1.165) is 0 Å². The Hall–Kier alpha value is -2.88. The van der Waals surface area contributed by atoms with E-state index in [1.807, 2.05) is 44.7 Å². The van der Waals surface area contributed by atoms with E-state index >= 15 is 0 Å². The Kier molecular flexibility index (Phi) is 18.2. The number of esters is 1. The number of ether oxygens (including phenoxy) is 7. The van der Waals surface area contributed by atoms with Crippen LogP contribution in [0.3, 0.4) is 0 Å². The first-order valence-electron chi connectivity index (χ1n) is 23.9. The Morgan fingerprint density at radius 3 is 2.30 bits per heavy atom. The molecule has 0 spiro atoms. The molecular formula is C48H82N4O14. The summed E-state index contributed by atoms with van der Waals surface area (Å²) >= 11 is 0. The van der Waals surface area contributed by atoms with Crippen molar-refractivity contribution in [3.8, 4) is 11.5 Å². The fraction of sp³-hybridized carbons (Fsp3) is 0.833. The Morgan fingerprint density at radius 2 is 1.65 bits per heavy atom. The Balaban J connectivity index is 1.49. The lowest BCUT2D eigenvalue weighted by molar-refractivity contribution is -0.302. The van der Waals surface area contributed by atoms with Gasteiger partial charge >= 0.3 is 12.0 Å². The summed E-state index contributed by atoms with van der Waals surface area (Å²) in [6, 6.07) is 3.72. The van der Waals surface area contributed by atoms with Crippen LogP contribution in [0.1, 0.15) is 101 Å². The third kappa shape index (κ3) is 12.3. The number of nitrogens with one attached hydrogen (secondary N) is 2. The first kappa shape index (κ1) is 54.1. The van der Waals surface area contributed by atoms with Crippen LogP contribution in [0.5, 0.6) is 11.5 Å². The lowest BCUT2D eigenvalue weighted by atomic mass is 9.68. The lowest BCUT2D eigenvalue weighted by Gasteiger charge is -2.51. The maximum absolute atomic E-state index is 14.7. The van der Waals surface area contributed by atoms with E-state index in [2.05, 4.69) is 10.6 Å². The molecule has 0 aromatic heterocycles. The zero-order valence-electron chi connectivity index (χ0n) is 41.6. The zero-order chi connectivity index (χ0) is 49.1. The van der Waals surface area contributed by atoms with Crippen molar-refractivity contribution in [2.45, 2.75) is 185 Å². The van der Waals surface area contributed by atoms with Gasteiger partial charge in [0.15, 0.2) is 17.8 Å². The lowest BCUT2D eigenvalue weighted by Crippen LogP contribution is -2.61. The quantitative estimate of drug-likeness (QED) is 0.124. The highest BCUT2D eigenvalue weighted by Crippen LogP contribution is 2.45. The summed E-state index contributed by atoms with van der Waals surface area (Å²) in [5.74, 6) is -2.13. The summed E-state index contributed by atoms with van der Waals surface area (Å²) in [4.78, 5) is 31.5. The number of urea groups is 1. The van der Waals surface area contributed by atoms with Gasteiger partial charge in [0, 0.05) is 62.9 Å². The van der Waals surface area contributed by atoms with Crippen molar-refractivity contribution in [1.29, 1.82) is 0 Å². The summed E-state index contributed by atoms with van der Waals surface area (Å²) in [6.07, 6.45) is -6.95. The number of benzene rings is 1. The van der Waals surface area contributed by atoms with Crippen LogP contribution in [0.2, 0.25) is 0 Å². The number of amides is 2. The van der Waals surface area contributed by atoms with Crippen molar-refractivity contribution in [3.05, 3.63) is 18.2 Å². The molecule has 5 rings (SSSR count). The number of nitrogens with zero attached hydrogens (tertiary/aromatic N) is 2. The van der Waals surface area contributed by atoms with Crippen LogP contribution in [0.15, 0.2) is 18.2 Å². The standard InChI is InChI=1S/C48H82N4O14/c1-14-37-48(10,59)40(54)30(6)52(19-15-18-49-45(57)50-32-16-17-34-35(21-32)62-25-61-34)24-26(2)22-46(8,58)42(66-44-39(53)33(51(11)12)20-27(3)63-44)28(4)38(29(5)43(56)65-37)36-23-47(9,60-13)41(55)31(7)64-36/h16-17,21,26-31,33,36-42,44,53-55,58-59H,14-15,18-20,22-25H2,1-13H3,(H2,49,50,57)/t26-,27-,28+,29-,30-,31+,33+,36?,37-,38+,39-,40-,41+,42-,44+,46-,47-,48-/m1/s1. The number of aliphatic hydroxyl groups excluding tert-OH is 3. The van der Waals surface area contributed by atoms with Crippen LogP contribution in [0, 0.1) is 23.7 Å². The van der Waals surface area contributed by atoms with Crippen molar-refractivity contribution in [3.63, 3.8) is 0 Å². The van der Waals surface area contributed by atoms with Gasteiger partial charge in [-0.25, -0.2) is 4.79 Å². The molecule has 1 aromatic carbocycles. The molecule has 0 radical (unpaired) electrons. The molecule has 18 heteroatoms. The average Bonchev–Trinajstić information content (AvgIpc) is 3.72. The van der Waals surface area contributed by atoms with Gasteiger partial charge in [-0.05, 0) is 105 Å². The summed E-state index contributed by atoms with van der Waals surface area (Å²) in [7, 11) is 5.30. The molecule has 66 heavy (non-hydrogen) atoms. The normalized spacial score (nSPS) is 42.0. The van der Waals surface area contributed by atoms with E-state index in [0.29, 0.717) is 43.1 Å². The van der Waals surface area contributed by atoms with Crippen molar-refractivity contribution in [2.75, 3.05) is 52.9 Å². The van der Waals surface area contributed by atoms with Crippen molar-refractivity contribution >= 4 is 17.7 Å². The van der Waals surface area contributed by atoms with E-state index < -0.39 is 102 Å². The number of likely N-dealkylation sites (N-methyl/N-ethyl adjacent to an activating group) is 1. The maximum Gasteiger partial charge on any atom is 0.319 e. The van der Waals surface area contributed by atoms with Crippen LogP contribution in [-0.2, 0) is 28.5 Å². The first-order valence-corrected chi connectivity index (χ1v) is 23.9. The van der Waals surface area contributed by atoms with E-state index in [1.165, 1.54) is 14.0 Å². The van der Waals surface area contributed by atoms with Crippen molar-refractivity contribution in [2.24, 2.45) is 23.7 Å². The number of aliphatic hydroxyl groups is 5. The molecule has 3 saturated heterocycles.